The lowest BCUT2D eigenvalue weighted by Gasteiger charge is -2.17. The fourth-order valence-electron chi connectivity index (χ4n) is 2.11. The van der Waals surface area contributed by atoms with Crippen LogP contribution in [0.5, 0.6) is 11.5 Å². The van der Waals surface area contributed by atoms with Gasteiger partial charge in [0.2, 0.25) is 5.75 Å². The normalized spacial score (nSPS) is 12.0. The second-order valence-electron chi connectivity index (χ2n) is 4.83. The van der Waals surface area contributed by atoms with Crippen molar-refractivity contribution in [1.29, 1.82) is 0 Å². The number of para-hydroxylation sites is 2. The Morgan fingerprint density at radius 3 is 2.57 bits per heavy atom. The molecule has 0 aliphatic carbocycles. The van der Waals surface area contributed by atoms with E-state index in [2.05, 4.69) is 5.32 Å². The minimum atomic E-state index is -0.424. The Labute approximate surface area is 123 Å². The van der Waals surface area contributed by atoms with Crippen molar-refractivity contribution in [2.75, 3.05) is 7.05 Å². The molecule has 110 valence electrons. The Morgan fingerprint density at radius 2 is 1.90 bits per heavy atom. The molecule has 21 heavy (non-hydrogen) atoms. The zero-order chi connectivity index (χ0) is 15.4. The molecular formula is C16H18N2O3. The molecule has 0 radical (unpaired) electrons. The van der Waals surface area contributed by atoms with Gasteiger partial charge in [0.15, 0.2) is 0 Å². The van der Waals surface area contributed by atoms with Crippen molar-refractivity contribution < 1.29 is 9.66 Å². The molecule has 2 aromatic rings. The highest BCUT2D eigenvalue weighted by Crippen LogP contribution is 2.36. The van der Waals surface area contributed by atoms with Gasteiger partial charge in [0, 0.05) is 17.7 Å². The molecular weight excluding hydrogens is 268 g/mol. The number of nitro groups is 1. The summed E-state index contributed by atoms with van der Waals surface area (Å²) in [4.78, 5) is 10.7. The van der Waals surface area contributed by atoms with E-state index in [0.717, 1.165) is 11.1 Å². The topological polar surface area (TPSA) is 64.4 Å². The summed E-state index contributed by atoms with van der Waals surface area (Å²) in [6, 6.07) is 12.5. The third-order valence-electron chi connectivity index (χ3n) is 3.42. The van der Waals surface area contributed by atoms with Crippen molar-refractivity contribution >= 4 is 5.69 Å². The summed E-state index contributed by atoms with van der Waals surface area (Å²) >= 11 is 0. The van der Waals surface area contributed by atoms with Crippen LogP contribution in [0.15, 0.2) is 42.5 Å². The molecule has 1 N–H and O–H groups in total. The molecule has 0 aliphatic rings. The molecule has 5 heteroatoms. The van der Waals surface area contributed by atoms with Gasteiger partial charge in [-0.25, -0.2) is 0 Å². The Morgan fingerprint density at radius 1 is 1.19 bits per heavy atom. The number of hydrogen-bond donors (Lipinski definition) is 1. The van der Waals surface area contributed by atoms with Crippen LogP contribution in [0, 0.1) is 17.0 Å². The molecule has 0 fully saturated rings. The number of nitro benzene ring substituents is 1. The van der Waals surface area contributed by atoms with E-state index in [1.165, 1.54) is 6.07 Å². The van der Waals surface area contributed by atoms with E-state index in [1.807, 2.05) is 38.2 Å². The number of rotatable bonds is 5. The fourth-order valence-corrected chi connectivity index (χ4v) is 2.11. The lowest BCUT2D eigenvalue weighted by atomic mass is 10.1. The smallest absolute Gasteiger partial charge is 0.311 e. The predicted octanol–water partition coefficient (Wildman–Crippen LogP) is 3.98. The van der Waals surface area contributed by atoms with Gasteiger partial charge in [-0.1, -0.05) is 30.3 Å². The van der Waals surface area contributed by atoms with Crippen LogP contribution in [-0.2, 0) is 0 Å². The van der Waals surface area contributed by atoms with Gasteiger partial charge in [0.1, 0.15) is 5.75 Å². The molecule has 1 unspecified atom stereocenters. The quantitative estimate of drug-likeness (QED) is 0.667. The number of nitrogens with one attached hydrogen (secondary N) is 1. The maximum atomic E-state index is 11.2. The first kappa shape index (κ1) is 15.0. The third kappa shape index (κ3) is 3.20. The second-order valence-corrected chi connectivity index (χ2v) is 4.83. The minimum Gasteiger partial charge on any atom is -0.449 e. The first-order chi connectivity index (χ1) is 10.0. The number of ether oxygens (including phenoxy) is 1. The highest BCUT2D eigenvalue weighted by molar-refractivity contribution is 5.54. The molecule has 2 aromatic carbocycles. The van der Waals surface area contributed by atoms with Crippen molar-refractivity contribution in [2.24, 2.45) is 0 Å². The molecule has 0 aromatic heterocycles. The number of hydrogen-bond acceptors (Lipinski definition) is 4. The van der Waals surface area contributed by atoms with Crippen LogP contribution in [0.4, 0.5) is 5.69 Å². The van der Waals surface area contributed by atoms with E-state index in [1.54, 1.807) is 19.1 Å². The van der Waals surface area contributed by atoms with Crippen LogP contribution < -0.4 is 10.1 Å². The average Bonchev–Trinajstić information content (AvgIpc) is 2.48. The van der Waals surface area contributed by atoms with Gasteiger partial charge in [-0.05, 0) is 32.5 Å². The summed E-state index contributed by atoms with van der Waals surface area (Å²) in [7, 11) is 1.86. The molecule has 2 rings (SSSR count). The largest absolute Gasteiger partial charge is 0.449 e. The van der Waals surface area contributed by atoms with Gasteiger partial charge >= 0.3 is 5.69 Å². The number of benzene rings is 2. The maximum Gasteiger partial charge on any atom is 0.311 e. The fraction of sp³-hybridized carbons (Fsp3) is 0.250. The molecule has 0 amide bonds. The van der Waals surface area contributed by atoms with Crippen molar-refractivity contribution in [3.8, 4) is 11.5 Å². The van der Waals surface area contributed by atoms with Gasteiger partial charge in [0.05, 0.1) is 4.92 Å². The summed E-state index contributed by atoms with van der Waals surface area (Å²) in [5.41, 5.74) is 1.66. The standard InChI is InChI=1S/C16H18N2O3/c1-11-7-6-9-14(18(19)20)16(11)21-15-10-5-4-8-13(15)12(2)17-3/h4-10,12,17H,1-3H3. The summed E-state index contributed by atoms with van der Waals surface area (Å²) in [6.07, 6.45) is 0. The first-order valence-electron chi connectivity index (χ1n) is 6.72. The zero-order valence-corrected chi connectivity index (χ0v) is 12.3. The van der Waals surface area contributed by atoms with E-state index in [9.17, 15) is 10.1 Å². The Bertz CT molecular complexity index is 656. The van der Waals surface area contributed by atoms with E-state index in [-0.39, 0.29) is 11.7 Å². The van der Waals surface area contributed by atoms with Crippen LogP contribution in [-0.4, -0.2) is 12.0 Å². The molecule has 0 saturated carbocycles. The van der Waals surface area contributed by atoms with Gasteiger partial charge in [-0.3, -0.25) is 10.1 Å². The summed E-state index contributed by atoms with van der Waals surface area (Å²) < 4.78 is 5.87. The lowest BCUT2D eigenvalue weighted by Crippen LogP contribution is -2.13. The number of nitrogens with zero attached hydrogens (tertiary/aromatic N) is 1. The average molecular weight is 286 g/mol. The molecule has 1 atom stereocenters. The summed E-state index contributed by atoms with van der Waals surface area (Å²) in [5.74, 6) is 0.912. The number of aryl methyl sites for hydroxylation is 1. The van der Waals surface area contributed by atoms with E-state index >= 15 is 0 Å². The van der Waals surface area contributed by atoms with Crippen LogP contribution >= 0.6 is 0 Å². The van der Waals surface area contributed by atoms with Crippen molar-refractivity contribution in [3.05, 3.63) is 63.7 Å². The maximum absolute atomic E-state index is 11.2. The zero-order valence-electron chi connectivity index (χ0n) is 12.3. The van der Waals surface area contributed by atoms with Crippen LogP contribution in [0.3, 0.4) is 0 Å². The van der Waals surface area contributed by atoms with Crippen LogP contribution in [0.1, 0.15) is 24.1 Å². The summed E-state index contributed by atoms with van der Waals surface area (Å²) in [6.45, 7) is 3.81. The van der Waals surface area contributed by atoms with Gasteiger partial charge in [-0.2, -0.15) is 0 Å². The SMILES string of the molecule is CNC(C)c1ccccc1Oc1c(C)cccc1[N+](=O)[O-]. The highest BCUT2D eigenvalue weighted by atomic mass is 16.6. The van der Waals surface area contributed by atoms with Gasteiger partial charge < -0.3 is 10.1 Å². The first-order valence-corrected chi connectivity index (χ1v) is 6.72. The highest BCUT2D eigenvalue weighted by Gasteiger charge is 2.19. The Hall–Kier alpha value is -2.40. The molecule has 0 spiro atoms. The third-order valence-corrected chi connectivity index (χ3v) is 3.42. The lowest BCUT2D eigenvalue weighted by molar-refractivity contribution is -0.385. The van der Waals surface area contributed by atoms with E-state index in [4.69, 9.17) is 4.74 Å². The minimum absolute atomic E-state index is 0.0260. The Balaban J connectivity index is 2.46. The summed E-state index contributed by atoms with van der Waals surface area (Å²) in [5, 5.41) is 14.3. The molecule has 0 aliphatic heterocycles. The van der Waals surface area contributed by atoms with Crippen molar-refractivity contribution in [1.82, 2.24) is 5.32 Å². The van der Waals surface area contributed by atoms with Crippen molar-refractivity contribution in [3.63, 3.8) is 0 Å². The molecule has 0 bridgehead atoms. The predicted molar refractivity (Wildman–Crippen MR) is 81.8 cm³/mol. The monoisotopic (exact) mass is 286 g/mol. The van der Waals surface area contributed by atoms with Gasteiger partial charge in [-0.15, -0.1) is 0 Å². The molecule has 5 nitrogen and oxygen atoms in total. The van der Waals surface area contributed by atoms with E-state index < -0.39 is 4.92 Å². The van der Waals surface area contributed by atoms with Crippen molar-refractivity contribution in [2.45, 2.75) is 19.9 Å². The molecule has 0 heterocycles. The molecule has 0 saturated heterocycles. The Kier molecular flexibility index (Phi) is 4.55. The second kappa shape index (κ2) is 6.37. The van der Waals surface area contributed by atoms with Crippen LogP contribution in [0.2, 0.25) is 0 Å². The van der Waals surface area contributed by atoms with Crippen LogP contribution in [0.25, 0.3) is 0 Å². The van der Waals surface area contributed by atoms with E-state index in [0.29, 0.717) is 11.5 Å². The van der Waals surface area contributed by atoms with Gasteiger partial charge in [0.25, 0.3) is 0 Å².